The second-order valence-electron chi connectivity index (χ2n) is 5.24. The highest BCUT2D eigenvalue weighted by atomic mass is 16.5. The van der Waals surface area contributed by atoms with Crippen molar-refractivity contribution in [3.63, 3.8) is 0 Å². The smallest absolute Gasteiger partial charge is 0.310 e. The third-order valence-corrected chi connectivity index (χ3v) is 3.61. The number of amides is 1. The second kappa shape index (κ2) is 8.26. The van der Waals surface area contributed by atoms with Crippen LogP contribution in [-0.4, -0.2) is 37.7 Å². The molecule has 7 nitrogen and oxygen atoms in total. The zero-order valence-electron chi connectivity index (χ0n) is 14.0. The molecule has 2 aromatic rings. The SMILES string of the molecule is COCCC(=O)NNc1c(CC(=O)OC)c(C)nc2ccccc12. The van der Waals surface area contributed by atoms with E-state index in [4.69, 9.17) is 9.47 Å². The van der Waals surface area contributed by atoms with E-state index in [1.807, 2.05) is 31.2 Å². The number of hydrazine groups is 1. The normalized spacial score (nSPS) is 10.5. The number of rotatable bonds is 7. The Morgan fingerprint density at radius 2 is 1.96 bits per heavy atom. The molecular formula is C17H21N3O4. The summed E-state index contributed by atoms with van der Waals surface area (Å²) in [5.74, 6) is -0.580. The van der Waals surface area contributed by atoms with E-state index in [0.29, 0.717) is 23.6 Å². The van der Waals surface area contributed by atoms with E-state index in [2.05, 4.69) is 15.8 Å². The topological polar surface area (TPSA) is 89.6 Å². The summed E-state index contributed by atoms with van der Waals surface area (Å²) in [6.45, 7) is 2.15. The predicted molar refractivity (Wildman–Crippen MR) is 90.5 cm³/mol. The molecule has 0 radical (unpaired) electrons. The van der Waals surface area contributed by atoms with Crippen molar-refractivity contribution in [1.29, 1.82) is 0 Å². The molecular weight excluding hydrogens is 310 g/mol. The summed E-state index contributed by atoms with van der Waals surface area (Å²) < 4.78 is 9.64. The number of hydrogen-bond acceptors (Lipinski definition) is 6. The van der Waals surface area contributed by atoms with Gasteiger partial charge in [-0.1, -0.05) is 18.2 Å². The average Bonchev–Trinajstić information content (AvgIpc) is 2.59. The first-order valence-corrected chi connectivity index (χ1v) is 7.55. The van der Waals surface area contributed by atoms with Crippen LogP contribution in [0.2, 0.25) is 0 Å². The standard InChI is InChI=1S/C17H21N3O4/c1-11-13(10-16(22)24-3)17(20-19-15(21)8-9-23-2)12-6-4-5-7-14(12)18-11/h4-7H,8-10H2,1-3H3,(H,18,20)(H,19,21). The van der Waals surface area contributed by atoms with E-state index in [0.717, 1.165) is 10.9 Å². The second-order valence-corrected chi connectivity index (χ2v) is 5.24. The fraction of sp³-hybridized carbons (Fsp3) is 0.353. The molecule has 2 N–H and O–H groups in total. The summed E-state index contributed by atoms with van der Waals surface area (Å²) >= 11 is 0. The number of pyridine rings is 1. The molecule has 0 saturated carbocycles. The minimum atomic E-state index is -0.371. The van der Waals surface area contributed by atoms with Crippen LogP contribution >= 0.6 is 0 Å². The van der Waals surface area contributed by atoms with Gasteiger partial charge in [0.1, 0.15) is 0 Å². The minimum absolute atomic E-state index is 0.0659. The Bertz CT molecular complexity index is 746. The van der Waals surface area contributed by atoms with Gasteiger partial charge in [0, 0.05) is 23.8 Å². The number of esters is 1. The molecule has 0 bridgehead atoms. The number of para-hydroxylation sites is 1. The minimum Gasteiger partial charge on any atom is -0.469 e. The number of carbonyl (C=O) groups excluding carboxylic acids is 2. The van der Waals surface area contributed by atoms with Gasteiger partial charge in [-0.2, -0.15) is 0 Å². The molecule has 1 aromatic carbocycles. The quantitative estimate of drug-likeness (QED) is 0.593. The number of anilines is 1. The van der Waals surface area contributed by atoms with Crippen LogP contribution in [0.3, 0.4) is 0 Å². The summed E-state index contributed by atoms with van der Waals surface area (Å²) in [5, 5.41) is 0.814. The molecule has 7 heteroatoms. The van der Waals surface area contributed by atoms with Crippen molar-refractivity contribution in [2.75, 3.05) is 26.3 Å². The number of hydrogen-bond donors (Lipinski definition) is 2. The highest BCUT2D eigenvalue weighted by Gasteiger charge is 2.16. The van der Waals surface area contributed by atoms with Crippen LogP contribution in [0.25, 0.3) is 10.9 Å². The van der Waals surface area contributed by atoms with Gasteiger partial charge in [0.25, 0.3) is 0 Å². The molecule has 1 heterocycles. The lowest BCUT2D eigenvalue weighted by Gasteiger charge is -2.17. The third kappa shape index (κ3) is 4.20. The summed E-state index contributed by atoms with van der Waals surface area (Å²) in [4.78, 5) is 28.1. The summed E-state index contributed by atoms with van der Waals surface area (Å²) in [7, 11) is 2.88. The van der Waals surface area contributed by atoms with Crippen LogP contribution in [0.1, 0.15) is 17.7 Å². The van der Waals surface area contributed by atoms with Crippen molar-refractivity contribution in [3.05, 3.63) is 35.5 Å². The van der Waals surface area contributed by atoms with E-state index < -0.39 is 0 Å². The van der Waals surface area contributed by atoms with E-state index in [1.54, 1.807) is 0 Å². The highest BCUT2D eigenvalue weighted by molar-refractivity contribution is 5.95. The predicted octanol–water partition coefficient (Wildman–Crippen LogP) is 1.74. The third-order valence-electron chi connectivity index (χ3n) is 3.61. The molecule has 0 aliphatic rings. The number of methoxy groups -OCH3 is 2. The molecule has 2 rings (SSSR count). The van der Waals surface area contributed by atoms with Gasteiger partial charge in [-0.3, -0.25) is 25.4 Å². The zero-order valence-corrected chi connectivity index (χ0v) is 14.0. The molecule has 0 aliphatic carbocycles. The molecule has 128 valence electrons. The maximum atomic E-state index is 11.8. The number of ether oxygens (including phenoxy) is 2. The summed E-state index contributed by atoms with van der Waals surface area (Å²) in [6.07, 6.45) is 0.300. The molecule has 0 aliphatic heterocycles. The molecule has 1 amide bonds. The average molecular weight is 331 g/mol. The van der Waals surface area contributed by atoms with Crippen molar-refractivity contribution in [2.24, 2.45) is 0 Å². The van der Waals surface area contributed by atoms with Gasteiger partial charge >= 0.3 is 5.97 Å². The van der Waals surface area contributed by atoms with Crippen LogP contribution in [-0.2, 0) is 25.5 Å². The van der Waals surface area contributed by atoms with E-state index in [1.165, 1.54) is 14.2 Å². The van der Waals surface area contributed by atoms with Crippen molar-refractivity contribution >= 4 is 28.5 Å². The van der Waals surface area contributed by atoms with Crippen LogP contribution in [0, 0.1) is 6.92 Å². The molecule has 0 fully saturated rings. The molecule has 24 heavy (non-hydrogen) atoms. The van der Waals surface area contributed by atoms with Crippen molar-refractivity contribution < 1.29 is 19.1 Å². The zero-order chi connectivity index (χ0) is 17.5. The maximum absolute atomic E-state index is 11.8. The largest absolute Gasteiger partial charge is 0.469 e. The molecule has 0 saturated heterocycles. The van der Waals surface area contributed by atoms with Crippen molar-refractivity contribution in [3.8, 4) is 0 Å². The number of aromatic nitrogens is 1. The Labute approximate surface area is 140 Å². The monoisotopic (exact) mass is 331 g/mol. The molecule has 0 unspecified atom stereocenters. The van der Waals surface area contributed by atoms with Gasteiger partial charge in [-0.05, 0) is 13.0 Å². The Balaban J connectivity index is 2.37. The van der Waals surface area contributed by atoms with Crippen LogP contribution in [0.15, 0.2) is 24.3 Å². The van der Waals surface area contributed by atoms with Crippen LogP contribution < -0.4 is 10.9 Å². The molecule has 0 spiro atoms. The Hall–Kier alpha value is -2.67. The van der Waals surface area contributed by atoms with Gasteiger partial charge in [-0.15, -0.1) is 0 Å². The first-order valence-electron chi connectivity index (χ1n) is 7.55. The highest BCUT2D eigenvalue weighted by Crippen LogP contribution is 2.28. The van der Waals surface area contributed by atoms with Gasteiger partial charge in [0.2, 0.25) is 5.91 Å². The number of fused-ring (bicyclic) bond motifs is 1. The lowest BCUT2D eigenvalue weighted by atomic mass is 10.0. The Kier molecular flexibility index (Phi) is 6.08. The van der Waals surface area contributed by atoms with Crippen molar-refractivity contribution in [2.45, 2.75) is 19.8 Å². The number of carbonyl (C=O) groups is 2. The first-order chi connectivity index (χ1) is 11.6. The Morgan fingerprint density at radius 1 is 1.21 bits per heavy atom. The lowest BCUT2D eigenvalue weighted by molar-refractivity contribution is -0.139. The van der Waals surface area contributed by atoms with E-state index in [-0.39, 0.29) is 24.7 Å². The fourth-order valence-corrected chi connectivity index (χ4v) is 2.34. The van der Waals surface area contributed by atoms with Crippen molar-refractivity contribution in [1.82, 2.24) is 10.4 Å². The summed E-state index contributed by atoms with van der Waals surface area (Å²) in [6, 6.07) is 7.52. The number of aryl methyl sites for hydroxylation is 1. The lowest BCUT2D eigenvalue weighted by Crippen LogP contribution is -2.31. The van der Waals surface area contributed by atoms with Gasteiger partial charge < -0.3 is 9.47 Å². The molecule has 0 atom stereocenters. The first kappa shape index (κ1) is 17.7. The van der Waals surface area contributed by atoms with E-state index >= 15 is 0 Å². The molecule has 1 aromatic heterocycles. The van der Waals surface area contributed by atoms with Crippen LogP contribution in [0.4, 0.5) is 5.69 Å². The van der Waals surface area contributed by atoms with Gasteiger partial charge in [-0.25, -0.2) is 0 Å². The fourth-order valence-electron chi connectivity index (χ4n) is 2.34. The Morgan fingerprint density at radius 3 is 2.67 bits per heavy atom. The van der Waals surface area contributed by atoms with Gasteiger partial charge in [0.05, 0.1) is 37.8 Å². The number of nitrogens with one attached hydrogen (secondary N) is 2. The van der Waals surface area contributed by atoms with Gasteiger partial charge in [0.15, 0.2) is 0 Å². The summed E-state index contributed by atoms with van der Waals surface area (Å²) in [5.41, 5.74) is 8.38. The number of benzene rings is 1. The van der Waals surface area contributed by atoms with E-state index in [9.17, 15) is 9.59 Å². The number of nitrogens with zero attached hydrogens (tertiary/aromatic N) is 1. The van der Waals surface area contributed by atoms with Crippen LogP contribution in [0.5, 0.6) is 0 Å². The maximum Gasteiger partial charge on any atom is 0.310 e.